The lowest BCUT2D eigenvalue weighted by atomic mass is 9.96. The Morgan fingerprint density at radius 1 is 1.08 bits per heavy atom. The van der Waals surface area contributed by atoms with E-state index in [1.54, 1.807) is 18.2 Å². The molecule has 0 spiro atoms. The van der Waals surface area contributed by atoms with Crippen molar-refractivity contribution in [3.05, 3.63) is 53.6 Å². The molecule has 0 N–H and O–H groups in total. The molecule has 25 heavy (non-hydrogen) atoms. The molecule has 3 rings (SSSR count). The van der Waals surface area contributed by atoms with Crippen LogP contribution in [-0.2, 0) is 20.8 Å². The molecule has 0 saturated carbocycles. The van der Waals surface area contributed by atoms with Gasteiger partial charge in [-0.25, -0.2) is 13.6 Å². The number of anilines is 1. The SMILES string of the molecule is CCCC(=O)ON1C(=O)CCc2cc(-c3ccc(F)c(F)c3)ccc21. The van der Waals surface area contributed by atoms with Crippen LogP contribution in [0.3, 0.4) is 0 Å². The van der Waals surface area contributed by atoms with E-state index in [0.29, 0.717) is 29.7 Å². The van der Waals surface area contributed by atoms with Crippen LogP contribution in [0.2, 0.25) is 0 Å². The van der Waals surface area contributed by atoms with Gasteiger partial charge in [-0.3, -0.25) is 4.79 Å². The van der Waals surface area contributed by atoms with E-state index in [-0.39, 0.29) is 18.7 Å². The molecule has 1 aliphatic rings. The minimum atomic E-state index is -0.916. The molecule has 0 bridgehead atoms. The molecule has 2 aromatic rings. The topological polar surface area (TPSA) is 46.6 Å². The Labute approximate surface area is 144 Å². The van der Waals surface area contributed by atoms with Gasteiger partial charge >= 0.3 is 5.97 Å². The Bertz CT molecular complexity index is 835. The van der Waals surface area contributed by atoms with Crippen molar-refractivity contribution < 1.29 is 23.2 Å². The largest absolute Gasteiger partial charge is 0.333 e. The molecule has 1 aliphatic heterocycles. The van der Waals surface area contributed by atoms with Gasteiger partial charge in [0, 0.05) is 12.8 Å². The van der Waals surface area contributed by atoms with E-state index in [1.165, 1.54) is 6.07 Å². The number of halogens is 2. The summed E-state index contributed by atoms with van der Waals surface area (Å²) >= 11 is 0. The maximum absolute atomic E-state index is 13.4. The Kier molecular flexibility index (Phi) is 4.79. The highest BCUT2D eigenvalue weighted by atomic mass is 19.2. The summed E-state index contributed by atoms with van der Waals surface area (Å²) in [6, 6.07) is 8.84. The quantitative estimate of drug-likeness (QED) is 0.835. The van der Waals surface area contributed by atoms with Crippen molar-refractivity contribution in [1.82, 2.24) is 0 Å². The van der Waals surface area contributed by atoms with Crippen LogP contribution >= 0.6 is 0 Å². The van der Waals surface area contributed by atoms with Crippen LogP contribution in [0.5, 0.6) is 0 Å². The third kappa shape index (κ3) is 3.52. The van der Waals surface area contributed by atoms with Crippen LogP contribution in [0.1, 0.15) is 31.7 Å². The zero-order valence-electron chi connectivity index (χ0n) is 13.7. The van der Waals surface area contributed by atoms with Gasteiger partial charge in [0.1, 0.15) is 0 Å². The summed E-state index contributed by atoms with van der Waals surface area (Å²) in [5, 5.41) is 1.03. The van der Waals surface area contributed by atoms with Crippen LogP contribution < -0.4 is 5.06 Å². The molecular formula is C19H17F2NO3. The van der Waals surface area contributed by atoms with Gasteiger partial charge in [0.05, 0.1) is 5.69 Å². The highest BCUT2D eigenvalue weighted by molar-refractivity contribution is 5.96. The molecule has 2 aromatic carbocycles. The zero-order chi connectivity index (χ0) is 18.0. The van der Waals surface area contributed by atoms with Crippen molar-refractivity contribution in [3.63, 3.8) is 0 Å². The lowest BCUT2D eigenvalue weighted by Gasteiger charge is -2.27. The fraction of sp³-hybridized carbons (Fsp3) is 0.263. The van der Waals surface area contributed by atoms with Crippen molar-refractivity contribution in [2.24, 2.45) is 0 Å². The number of carbonyl (C=O) groups is 2. The highest BCUT2D eigenvalue weighted by Crippen LogP contribution is 2.33. The van der Waals surface area contributed by atoms with Crippen LogP contribution in [0, 0.1) is 11.6 Å². The van der Waals surface area contributed by atoms with Crippen molar-refractivity contribution in [3.8, 4) is 11.1 Å². The summed E-state index contributed by atoms with van der Waals surface area (Å²) < 4.78 is 26.5. The standard InChI is InChI=1S/C19H17F2NO3/c1-2-3-19(24)25-22-17-8-5-12(10-14(17)6-9-18(22)23)13-4-7-15(20)16(21)11-13/h4-5,7-8,10-11H,2-3,6,9H2,1H3. The molecule has 0 fully saturated rings. The number of amides is 1. The molecule has 0 saturated heterocycles. The van der Waals surface area contributed by atoms with Crippen molar-refractivity contribution in [2.45, 2.75) is 32.6 Å². The third-order valence-electron chi connectivity index (χ3n) is 4.03. The number of fused-ring (bicyclic) bond motifs is 1. The molecule has 4 nitrogen and oxygen atoms in total. The second-order valence-corrected chi connectivity index (χ2v) is 5.87. The number of aryl methyl sites for hydroxylation is 1. The predicted octanol–water partition coefficient (Wildman–Crippen LogP) is 4.17. The normalized spacial score (nSPS) is 13.6. The molecule has 0 aromatic heterocycles. The van der Waals surface area contributed by atoms with Crippen LogP contribution in [0.15, 0.2) is 36.4 Å². The predicted molar refractivity (Wildman–Crippen MR) is 88.6 cm³/mol. The number of carbonyl (C=O) groups excluding carboxylic acids is 2. The number of rotatable bonds is 4. The van der Waals surface area contributed by atoms with Crippen molar-refractivity contribution >= 4 is 17.6 Å². The molecule has 1 amide bonds. The first-order valence-electron chi connectivity index (χ1n) is 8.11. The van der Waals surface area contributed by atoms with Crippen LogP contribution in [0.25, 0.3) is 11.1 Å². The average Bonchev–Trinajstić information content (AvgIpc) is 2.60. The number of benzene rings is 2. The van der Waals surface area contributed by atoms with E-state index in [4.69, 9.17) is 4.84 Å². The molecule has 0 aliphatic carbocycles. The Morgan fingerprint density at radius 2 is 1.80 bits per heavy atom. The molecule has 0 unspecified atom stereocenters. The van der Waals surface area contributed by atoms with Gasteiger partial charge in [0.15, 0.2) is 11.6 Å². The Hall–Kier alpha value is -2.76. The number of hydroxylamine groups is 1. The first-order chi connectivity index (χ1) is 12.0. The monoisotopic (exact) mass is 345 g/mol. The molecule has 1 heterocycles. The number of nitrogens with zero attached hydrogens (tertiary/aromatic N) is 1. The van der Waals surface area contributed by atoms with E-state index in [1.807, 2.05) is 6.92 Å². The van der Waals surface area contributed by atoms with Gasteiger partial charge in [0.2, 0.25) is 0 Å². The lowest BCUT2D eigenvalue weighted by molar-refractivity contribution is -0.150. The minimum absolute atomic E-state index is 0.216. The summed E-state index contributed by atoms with van der Waals surface area (Å²) in [4.78, 5) is 29.0. The van der Waals surface area contributed by atoms with E-state index in [0.717, 1.165) is 22.8 Å². The molecule has 130 valence electrons. The first-order valence-corrected chi connectivity index (χ1v) is 8.11. The maximum Gasteiger partial charge on any atom is 0.333 e. The van der Waals surface area contributed by atoms with Gasteiger partial charge < -0.3 is 4.84 Å². The Balaban J connectivity index is 1.93. The fourth-order valence-corrected chi connectivity index (χ4v) is 2.77. The molecule has 0 radical (unpaired) electrons. The summed E-state index contributed by atoms with van der Waals surface area (Å²) in [5.41, 5.74) is 2.55. The van der Waals surface area contributed by atoms with Gasteiger partial charge in [-0.05, 0) is 53.8 Å². The smallest absolute Gasteiger partial charge is 0.333 e. The molecular weight excluding hydrogens is 328 g/mol. The number of hydrogen-bond acceptors (Lipinski definition) is 3. The minimum Gasteiger partial charge on any atom is -0.333 e. The zero-order valence-corrected chi connectivity index (χ0v) is 13.7. The van der Waals surface area contributed by atoms with Crippen LogP contribution in [0.4, 0.5) is 14.5 Å². The number of hydrogen-bond donors (Lipinski definition) is 0. The second-order valence-electron chi connectivity index (χ2n) is 5.87. The summed E-state index contributed by atoms with van der Waals surface area (Å²) in [7, 11) is 0. The van der Waals surface area contributed by atoms with E-state index < -0.39 is 17.6 Å². The van der Waals surface area contributed by atoms with Gasteiger partial charge in [-0.1, -0.05) is 19.1 Å². The van der Waals surface area contributed by atoms with Gasteiger partial charge in [0.25, 0.3) is 5.91 Å². The van der Waals surface area contributed by atoms with Gasteiger partial charge in [-0.15, -0.1) is 5.06 Å². The lowest BCUT2D eigenvalue weighted by Crippen LogP contribution is -2.37. The second kappa shape index (κ2) is 7.01. The van der Waals surface area contributed by atoms with Crippen molar-refractivity contribution in [2.75, 3.05) is 5.06 Å². The van der Waals surface area contributed by atoms with E-state index >= 15 is 0 Å². The molecule has 6 heteroatoms. The molecule has 0 atom stereocenters. The average molecular weight is 345 g/mol. The summed E-state index contributed by atoms with van der Waals surface area (Å²) in [6.07, 6.45) is 1.57. The third-order valence-corrected chi connectivity index (χ3v) is 4.03. The fourth-order valence-electron chi connectivity index (χ4n) is 2.77. The van der Waals surface area contributed by atoms with Gasteiger partial charge in [-0.2, -0.15) is 0 Å². The summed E-state index contributed by atoms with van der Waals surface area (Å²) in [6.45, 7) is 1.85. The van der Waals surface area contributed by atoms with E-state index in [9.17, 15) is 18.4 Å². The van der Waals surface area contributed by atoms with E-state index in [2.05, 4.69) is 0 Å². The van der Waals surface area contributed by atoms with Crippen molar-refractivity contribution in [1.29, 1.82) is 0 Å². The maximum atomic E-state index is 13.4. The van der Waals surface area contributed by atoms with Crippen LogP contribution in [-0.4, -0.2) is 11.9 Å². The first kappa shape index (κ1) is 17.1. The summed E-state index contributed by atoms with van der Waals surface area (Å²) in [5.74, 6) is -2.56. The Morgan fingerprint density at radius 3 is 2.52 bits per heavy atom. The highest BCUT2D eigenvalue weighted by Gasteiger charge is 2.28.